The third kappa shape index (κ3) is 1.21. The van der Waals surface area contributed by atoms with Gasteiger partial charge < -0.3 is 5.32 Å². The van der Waals surface area contributed by atoms with Gasteiger partial charge in [-0.1, -0.05) is 24.3 Å². The molecule has 1 atom stereocenters. The maximum Gasteiger partial charge on any atom is 0.220 e. The second kappa shape index (κ2) is 3.17. The molecule has 1 aromatic rings. The van der Waals surface area contributed by atoms with Crippen molar-refractivity contribution in [3.05, 3.63) is 35.4 Å². The van der Waals surface area contributed by atoms with E-state index in [1.807, 2.05) is 24.3 Å². The quantitative estimate of drug-likeness (QED) is 0.712. The van der Waals surface area contributed by atoms with Gasteiger partial charge in [0, 0.05) is 18.4 Å². The summed E-state index contributed by atoms with van der Waals surface area (Å²) in [5.41, 5.74) is 1.22. The Kier molecular flexibility index (Phi) is 1.90. The molecule has 0 saturated carbocycles. The van der Waals surface area contributed by atoms with Gasteiger partial charge in [0.2, 0.25) is 5.91 Å². The lowest BCUT2D eigenvalue weighted by molar-refractivity contribution is -0.124. The van der Waals surface area contributed by atoms with E-state index >= 15 is 0 Å². The molecule has 3 nitrogen and oxygen atoms in total. The van der Waals surface area contributed by atoms with Crippen molar-refractivity contribution in [3.8, 4) is 0 Å². The van der Waals surface area contributed by atoms with E-state index < -0.39 is 5.54 Å². The van der Waals surface area contributed by atoms with Crippen LogP contribution in [0.3, 0.4) is 0 Å². The van der Waals surface area contributed by atoms with Crippen LogP contribution >= 0.6 is 0 Å². The molecule has 82 valence electrons. The number of hydrogen-bond donors (Lipinski definition) is 1. The predicted octanol–water partition coefficient (Wildman–Crippen LogP) is 1.46. The molecule has 1 fully saturated rings. The number of nitrogens with one attached hydrogen (secondary N) is 1. The molecule has 1 saturated heterocycles. The van der Waals surface area contributed by atoms with Crippen LogP contribution in [-0.2, 0) is 11.2 Å². The highest BCUT2D eigenvalue weighted by atomic mass is 16.2. The van der Waals surface area contributed by atoms with Gasteiger partial charge in [0.05, 0.1) is 0 Å². The Hall–Kier alpha value is -1.64. The minimum Gasteiger partial charge on any atom is -0.343 e. The van der Waals surface area contributed by atoms with Crippen molar-refractivity contribution in [1.29, 1.82) is 0 Å². The Labute approximate surface area is 93.8 Å². The zero-order valence-electron chi connectivity index (χ0n) is 8.95. The molecule has 1 unspecified atom stereocenters. The first-order chi connectivity index (χ1) is 7.71. The van der Waals surface area contributed by atoms with E-state index in [4.69, 9.17) is 0 Å². The number of ketones is 1. The number of hydrogen-bond acceptors (Lipinski definition) is 2. The van der Waals surface area contributed by atoms with Crippen molar-refractivity contribution >= 4 is 11.7 Å². The number of amides is 1. The summed E-state index contributed by atoms with van der Waals surface area (Å²) in [6.45, 7) is 0. The van der Waals surface area contributed by atoms with E-state index in [2.05, 4.69) is 5.32 Å². The fourth-order valence-corrected chi connectivity index (χ4v) is 2.80. The smallest absolute Gasteiger partial charge is 0.220 e. The van der Waals surface area contributed by atoms with Gasteiger partial charge in [0.25, 0.3) is 0 Å². The van der Waals surface area contributed by atoms with Crippen molar-refractivity contribution in [2.24, 2.45) is 0 Å². The number of Topliss-reactive ketones (excluding diaryl/α,β-unsaturated/α-hetero) is 1. The van der Waals surface area contributed by atoms with E-state index in [9.17, 15) is 9.59 Å². The standard InChI is InChI=1S/C13H13NO2/c15-11-6-3-7-13(14-11)8-9-4-1-2-5-10(9)12(13)16/h1-2,4-5H,3,6-8H2,(H,14,15). The summed E-state index contributed by atoms with van der Waals surface area (Å²) in [6, 6.07) is 7.64. The third-order valence-corrected chi connectivity index (χ3v) is 3.57. The molecule has 2 aliphatic rings. The van der Waals surface area contributed by atoms with Gasteiger partial charge in [0.15, 0.2) is 5.78 Å². The second-order valence-corrected chi connectivity index (χ2v) is 4.65. The molecule has 1 aliphatic carbocycles. The van der Waals surface area contributed by atoms with Gasteiger partial charge in [-0.2, -0.15) is 0 Å². The lowest BCUT2D eigenvalue weighted by atomic mass is 9.85. The van der Waals surface area contributed by atoms with E-state index in [0.717, 1.165) is 24.0 Å². The first-order valence-corrected chi connectivity index (χ1v) is 5.65. The lowest BCUT2D eigenvalue weighted by Gasteiger charge is -2.32. The molecule has 1 amide bonds. The Morgan fingerprint density at radius 3 is 2.75 bits per heavy atom. The summed E-state index contributed by atoms with van der Waals surface area (Å²) in [6.07, 6.45) is 2.79. The molecule has 0 bridgehead atoms. The van der Waals surface area contributed by atoms with Gasteiger partial charge in [-0.3, -0.25) is 9.59 Å². The summed E-state index contributed by atoms with van der Waals surface area (Å²) in [4.78, 5) is 23.8. The van der Waals surface area contributed by atoms with Crippen molar-refractivity contribution in [3.63, 3.8) is 0 Å². The van der Waals surface area contributed by atoms with Gasteiger partial charge in [-0.15, -0.1) is 0 Å². The van der Waals surface area contributed by atoms with Crippen LogP contribution in [-0.4, -0.2) is 17.2 Å². The monoisotopic (exact) mass is 215 g/mol. The van der Waals surface area contributed by atoms with Crippen molar-refractivity contribution in [2.75, 3.05) is 0 Å². The van der Waals surface area contributed by atoms with Crippen LogP contribution in [0.15, 0.2) is 24.3 Å². The zero-order chi connectivity index (χ0) is 11.2. The molecule has 3 rings (SSSR count). The molecule has 1 heterocycles. The van der Waals surface area contributed by atoms with E-state index in [0.29, 0.717) is 12.8 Å². The predicted molar refractivity (Wildman–Crippen MR) is 59.2 cm³/mol. The summed E-state index contributed by atoms with van der Waals surface area (Å²) in [5.74, 6) is 0.101. The van der Waals surface area contributed by atoms with Crippen molar-refractivity contribution in [1.82, 2.24) is 5.32 Å². The molecule has 0 radical (unpaired) electrons. The molecule has 0 aromatic heterocycles. The van der Waals surface area contributed by atoms with Crippen LogP contribution in [0.5, 0.6) is 0 Å². The highest BCUT2D eigenvalue weighted by Crippen LogP contribution is 2.35. The first kappa shape index (κ1) is 9.58. The minimum atomic E-state index is -0.626. The van der Waals surface area contributed by atoms with Gasteiger partial charge in [-0.05, 0) is 18.4 Å². The molecule has 1 aromatic carbocycles. The lowest BCUT2D eigenvalue weighted by Crippen LogP contribution is -2.55. The molecule has 1 aliphatic heterocycles. The maximum absolute atomic E-state index is 12.3. The van der Waals surface area contributed by atoms with E-state index in [1.54, 1.807) is 0 Å². The summed E-state index contributed by atoms with van der Waals surface area (Å²) < 4.78 is 0. The van der Waals surface area contributed by atoms with Gasteiger partial charge in [0.1, 0.15) is 5.54 Å². The Morgan fingerprint density at radius 2 is 2.00 bits per heavy atom. The molecule has 3 heteroatoms. The third-order valence-electron chi connectivity index (χ3n) is 3.57. The SMILES string of the molecule is O=C1CCCC2(Cc3ccccc3C2=O)N1. The normalized spacial score (nSPS) is 28.0. The average Bonchev–Trinajstić information content (AvgIpc) is 2.53. The number of rotatable bonds is 0. The van der Waals surface area contributed by atoms with E-state index in [1.165, 1.54) is 0 Å². The summed E-state index contributed by atoms with van der Waals surface area (Å²) in [7, 11) is 0. The fraction of sp³-hybridized carbons (Fsp3) is 0.385. The van der Waals surface area contributed by atoms with Crippen LogP contribution in [0.25, 0.3) is 0 Å². The average molecular weight is 215 g/mol. The van der Waals surface area contributed by atoms with Crippen LogP contribution in [0.2, 0.25) is 0 Å². The van der Waals surface area contributed by atoms with Crippen LogP contribution in [0.1, 0.15) is 35.2 Å². The second-order valence-electron chi connectivity index (χ2n) is 4.65. The highest BCUT2D eigenvalue weighted by Gasteiger charge is 2.47. The summed E-state index contributed by atoms with van der Waals surface area (Å²) in [5, 5.41) is 2.90. The summed E-state index contributed by atoms with van der Waals surface area (Å²) >= 11 is 0. The largest absolute Gasteiger partial charge is 0.343 e. The molecule has 16 heavy (non-hydrogen) atoms. The number of piperidine rings is 1. The first-order valence-electron chi connectivity index (χ1n) is 5.65. The van der Waals surface area contributed by atoms with Gasteiger partial charge >= 0.3 is 0 Å². The van der Waals surface area contributed by atoms with Crippen molar-refractivity contribution < 1.29 is 9.59 Å². The number of fused-ring (bicyclic) bond motifs is 1. The maximum atomic E-state index is 12.3. The molecular formula is C13H13NO2. The molecule has 1 N–H and O–H groups in total. The molecule has 1 spiro atoms. The Bertz CT molecular complexity index is 481. The van der Waals surface area contributed by atoms with E-state index in [-0.39, 0.29) is 11.7 Å². The number of benzene rings is 1. The van der Waals surface area contributed by atoms with Crippen molar-refractivity contribution in [2.45, 2.75) is 31.2 Å². The van der Waals surface area contributed by atoms with Crippen LogP contribution in [0, 0.1) is 0 Å². The molecular weight excluding hydrogens is 202 g/mol. The topological polar surface area (TPSA) is 46.2 Å². The van der Waals surface area contributed by atoms with Crippen LogP contribution in [0.4, 0.5) is 0 Å². The fourth-order valence-electron chi connectivity index (χ4n) is 2.80. The Morgan fingerprint density at radius 1 is 1.19 bits per heavy atom. The van der Waals surface area contributed by atoms with Gasteiger partial charge in [-0.25, -0.2) is 0 Å². The number of carbonyl (C=O) groups excluding carboxylic acids is 2. The minimum absolute atomic E-state index is 0.00686. The number of carbonyl (C=O) groups is 2. The highest BCUT2D eigenvalue weighted by molar-refractivity contribution is 6.09. The zero-order valence-corrected chi connectivity index (χ0v) is 8.95. The van der Waals surface area contributed by atoms with Crippen LogP contribution < -0.4 is 5.32 Å². The Balaban J connectivity index is 2.02.